The fourth-order valence-corrected chi connectivity index (χ4v) is 3.22. The van der Waals surface area contributed by atoms with Gasteiger partial charge in [0, 0.05) is 5.69 Å². The van der Waals surface area contributed by atoms with Crippen molar-refractivity contribution in [2.45, 2.75) is 20.1 Å². The van der Waals surface area contributed by atoms with Crippen LogP contribution in [-0.4, -0.2) is 28.8 Å². The average Bonchev–Trinajstić information content (AvgIpc) is 2.84. The molecule has 0 saturated heterocycles. The van der Waals surface area contributed by atoms with Crippen molar-refractivity contribution in [3.05, 3.63) is 108 Å². The third-order valence-corrected chi connectivity index (χ3v) is 4.96. The average molecular weight is 428 g/mol. The molecule has 6 nitrogen and oxygen atoms in total. The third-order valence-electron chi connectivity index (χ3n) is 4.96. The van der Waals surface area contributed by atoms with Crippen molar-refractivity contribution in [3.8, 4) is 0 Å². The summed E-state index contributed by atoms with van der Waals surface area (Å²) in [6.45, 7) is 2.33. The van der Waals surface area contributed by atoms with Gasteiger partial charge >= 0.3 is 11.6 Å². The van der Waals surface area contributed by atoms with Crippen LogP contribution >= 0.6 is 0 Å². The monoisotopic (exact) mass is 427 g/mol. The molecule has 0 aliphatic carbocycles. The van der Waals surface area contributed by atoms with Crippen molar-refractivity contribution >= 4 is 23.1 Å². The fourth-order valence-electron chi connectivity index (χ4n) is 3.22. The Kier molecular flexibility index (Phi) is 8.21. The van der Waals surface area contributed by atoms with E-state index in [9.17, 15) is 15.1 Å². The molecule has 0 aliphatic heterocycles. The lowest BCUT2D eigenvalue weighted by atomic mass is 10.0. The summed E-state index contributed by atoms with van der Waals surface area (Å²) in [5, 5.41) is 0. The highest BCUT2D eigenvalue weighted by atomic mass is 16.5. The number of amides is 1. The van der Waals surface area contributed by atoms with Gasteiger partial charge in [-0.1, -0.05) is 85.8 Å². The first-order valence-corrected chi connectivity index (χ1v) is 10.4. The van der Waals surface area contributed by atoms with Crippen LogP contribution in [0.15, 0.2) is 91.0 Å². The van der Waals surface area contributed by atoms with E-state index >= 15 is 0 Å². The number of hydrogen-bond acceptors (Lipinski definition) is 3. The quantitative estimate of drug-likeness (QED) is 0.209. The first-order valence-electron chi connectivity index (χ1n) is 10.4. The SMILES string of the molecule is C[C@@H](COCc1ccccc1)C(=O)C(=[N+]=[N-])C(=O)N(Cc1ccccc1)c1ccccc1. The molecule has 0 N–H and O–H groups in total. The van der Waals surface area contributed by atoms with E-state index in [0.29, 0.717) is 12.3 Å². The molecule has 6 heteroatoms. The Morgan fingerprint density at radius 2 is 1.41 bits per heavy atom. The Labute approximate surface area is 187 Å². The number of carbonyl (C=O) groups excluding carboxylic acids is 2. The highest BCUT2D eigenvalue weighted by molar-refractivity contribution is 6.66. The van der Waals surface area contributed by atoms with Gasteiger partial charge in [0.25, 0.3) is 5.78 Å². The molecule has 1 amide bonds. The summed E-state index contributed by atoms with van der Waals surface area (Å²) in [5.74, 6) is -1.88. The van der Waals surface area contributed by atoms with Crippen molar-refractivity contribution in [3.63, 3.8) is 0 Å². The van der Waals surface area contributed by atoms with Gasteiger partial charge in [0.2, 0.25) is 0 Å². The minimum Gasteiger partial charge on any atom is -0.376 e. The molecule has 3 rings (SSSR count). The molecule has 0 radical (unpaired) electrons. The van der Waals surface area contributed by atoms with Crippen LogP contribution in [0.5, 0.6) is 0 Å². The minimum atomic E-state index is -0.664. The number of rotatable bonds is 10. The summed E-state index contributed by atoms with van der Waals surface area (Å²) in [4.78, 5) is 30.7. The van der Waals surface area contributed by atoms with Gasteiger partial charge in [-0.05, 0) is 23.3 Å². The highest BCUT2D eigenvalue weighted by Gasteiger charge is 2.37. The van der Waals surface area contributed by atoms with E-state index in [0.717, 1.165) is 11.1 Å². The number of anilines is 1. The van der Waals surface area contributed by atoms with Gasteiger partial charge in [-0.15, -0.1) is 0 Å². The van der Waals surface area contributed by atoms with Crippen LogP contribution in [0.1, 0.15) is 18.1 Å². The number of carbonyl (C=O) groups is 2. The van der Waals surface area contributed by atoms with E-state index in [1.165, 1.54) is 4.90 Å². The van der Waals surface area contributed by atoms with Gasteiger partial charge < -0.3 is 10.3 Å². The predicted molar refractivity (Wildman–Crippen MR) is 123 cm³/mol. The molecule has 0 aliphatic rings. The Morgan fingerprint density at radius 1 is 0.875 bits per heavy atom. The van der Waals surface area contributed by atoms with Crippen LogP contribution in [0.4, 0.5) is 5.69 Å². The maximum absolute atomic E-state index is 13.3. The van der Waals surface area contributed by atoms with Crippen molar-refractivity contribution in [2.75, 3.05) is 11.5 Å². The topological polar surface area (TPSA) is 83.0 Å². The number of nitrogens with zero attached hydrogens (tertiary/aromatic N) is 3. The number of ketones is 1. The standard InChI is InChI=1S/C26H25N3O3/c1-20(18-32-19-22-13-7-3-8-14-22)25(30)24(28-27)26(31)29(23-15-9-4-10-16-23)17-21-11-5-2-6-12-21/h2-16,20H,17-19H2,1H3/t20-/m0/s1. The number of para-hydroxylation sites is 1. The van der Waals surface area contributed by atoms with Crippen LogP contribution in [0, 0.1) is 5.92 Å². The van der Waals surface area contributed by atoms with Crippen molar-refractivity contribution in [1.82, 2.24) is 0 Å². The van der Waals surface area contributed by atoms with Gasteiger partial charge in [-0.3, -0.25) is 14.5 Å². The fraction of sp³-hybridized carbons (Fsp3) is 0.192. The van der Waals surface area contributed by atoms with Crippen molar-refractivity contribution in [1.29, 1.82) is 0 Å². The van der Waals surface area contributed by atoms with E-state index in [-0.39, 0.29) is 13.2 Å². The predicted octanol–water partition coefficient (Wildman–Crippen LogP) is 4.31. The molecule has 0 unspecified atom stereocenters. The van der Waals surface area contributed by atoms with Crippen LogP contribution in [-0.2, 0) is 27.5 Å². The van der Waals surface area contributed by atoms with Crippen molar-refractivity contribution < 1.29 is 19.1 Å². The molecule has 0 spiro atoms. The largest absolute Gasteiger partial charge is 0.422 e. The zero-order valence-electron chi connectivity index (χ0n) is 17.9. The smallest absolute Gasteiger partial charge is 0.376 e. The summed E-state index contributed by atoms with van der Waals surface area (Å²) in [5.41, 5.74) is 11.5. The Bertz CT molecular complexity index is 1080. The summed E-state index contributed by atoms with van der Waals surface area (Å²) in [7, 11) is 0. The number of hydrogen-bond donors (Lipinski definition) is 0. The first kappa shape index (κ1) is 22.8. The zero-order valence-corrected chi connectivity index (χ0v) is 17.9. The molecular formula is C26H25N3O3. The minimum absolute atomic E-state index is 0.101. The molecule has 0 aromatic heterocycles. The van der Waals surface area contributed by atoms with Gasteiger partial charge in [0.05, 0.1) is 25.7 Å². The summed E-state index contributed by atoms with van der Waals surface area (Å²) in [6.07, 6.45) is 0. The van der Waals surface area contributed by atoms with Crippen LogP contribution in [0.3, 0.4) is 0 Å². The maximum atomic E-state index is 13.3. The Morgan fingerprint density at radius 3 is 1.97 bits per heavy atom. The van der Waals surface area contributed by atoms with E-state index in [4.69, 9.17) is 4.74 Å². The number of benzene rings is 3. The molecule has 32 heavy (non-hydrogen) atoms. The third kappa shape index (κ3) is 6.08. The summed E-state index contributed by atoms with van der Waals surface area (Å²) >= 11 is 0. The van der Waals surface area contributed by atoms with Crippen LogP contribution in [0.2, 0.25) is 0 Å². The second kappa shape index (κ2) is 11.5. The molecule has 3 aromatic carbocycles. The van der Waals surface area contributed by atoms with Crippen molar-refractivity contribution in [2.24, 2.45) is 5.92 Å². The first-order chi connectivity index (χ1) is 15.6. The lowest BCUT2D eigenvalue weighted by molar-refractivity contribution is -0.127. The summed E-state index contributed by atoms with van der Waals surface area (Å²) in [6, 6.07) is 28.0. The molecule has 1 atom stereocenters. The van der Waals surface area contributed by atoms with Crippen LogP contribution in [0.25, 0.3) is 5.53 Å². The molecule has 3 aromatic rings. The van der Waals surface area contributed by atoms with E-state index < -0.39 is 23.3 Å². The molecule has 0 heterocycles. The zero-order chi connectivity index (χ0) is 22.8. The number of Topliss-reactive ketones (excluding diaryl/α,β-unsaturated/α-hetero) is 1. The molecule has 0 bridgehead atoms. The Hall–Kier alpha value is -3.86. The van der Waals surface area contributed by atoms with Gasteiger partial charge in [-0.25, -0.2) is 0 Å². The van der Waals surface area contributed by atoms with E-state index in [2.05, 4.69) is 4.79 Å². The Balaban J connectivity index is 1.73. The maximum Gasteiger partial charge on any atom is 0.422 e. The molecular weight excluding hydrogens is 402 g/mol. The van der Waals surface area contributed by atoms with E-state index in [1.807, 2.05) is 66.7 Å². The lowest BCUT2D eigenvalue weighted by Gasteiger charge is -2.21. The molecule has 0 saturated carbocycles. The number of ether oxygens (including phenoxy) is 1. The van der Waals surface area contributed by atoms with Gasteiger partial charge in [-0.2, -0.15) is 4.79 Å². The normalized spacial score (nSPS) is 11.3. The van der Waals surface area contributed by atoms with Gasteiger partial charge in [0.15, 0.2) is 0 Å². The summed E-state index contributed by atoms with van der Waals surface area (Å²) < 4.78 is 5.64. The second-order valence-corrected chi connectivity index (χ2v) is 7.43. The molecule has 0 fully saturated rings. The highest BCUT2D eigenvalue weighted by Crippen LogP contribution is 2.18. The second-order valence-electron chi connectivity index (χ2n) is 7.43. The van der Waals surface area contributed by atoms with Crippen LogP contribution < -0.4 is 4.90 Å². The molecule has 162 valence electrons. The van der Waals surface area contributed by atoms with Gasteiger partial charge in [0.1, 0.15) is 0 Å². The lowest BCUT2D eigenvalue weighted by Crippen LogP contribution is -2.42. The van der Waals surface area contributed by atoms with E-state index in [1.54, 1.807) is 31.2 Å².